The molecular weight excluding hydrogens is 350 g/mol. The maximum Gasteiger partial charge on any atom is 0.344 e. The number of urea groups is 1. The van der Waals surface area contributed by atoms with Gasteiger partial charge in [-0.15, -0.1) is 0 Å². The number of ether oxygens (including phenoxy) is 2. The largest absolute Gasteiger partial charge is 0.454 e. The van der Waals surface area contributed by atoms with Crippen LogP contribution in [0.1, 0.15) is 44.6 Å². The second kappa shape index (κ2) is 6.75. The predicted molar refractivity (Wildman–Crippen MR) is 94.8 cm³/mol. The summed E-state index contributed by atoms with van der Waals surface area (Å²) in [6.07, 6.45) is 3.62. The molecule has 4 amide bonds. The van der Waals surface area contributed by atoms with Crippen molar-refractivity contribution in [1.29, 1.82) is 0 Å². The number of hydrogen-bond acceptors (Lipinski definition) is 5. The van der Waals surface area contributed by atoms with E-state index in [0.29, 0.717) is 36.7 Å². The van der Waals surface area contributed by atoms with Crippen molar-refractivity contribution < 1.29 is 23.9 Å². The molecule has 2 fully saturated rings. The van der Waals surface area contributed by atoms with Crippen molar-refractivity contribution >= 4 is 17.8 Å². The van der Waals surface area contributed by atoms with Crippen molar-refractivity contribution in [3.8, 4) is 11.5 Å². The number of carbonyl (C=O) groups excluding carboxylic acids is 3. The third kappa shape index (κ3) is 3.31. The number of nitrogens with one attached hydrogen (secondary N) is 2. The molecule has 1 spiro atoms. The predicted octanol–water partition coefficient (Wildman–Crippen LogP) is 1.88. The quantitative estimate of drug-likeness (QED) is 0.786. The van der Waals surface area contributed by atoms with Crippen molar-refractivity contribution in [3.63, 3.8) is 0 Å². The molecule has 0 unspecified atom stereocenters. The molecule has 2 aliphatic heterocycles. The summed E-state index contributed by atoms with van der Waals surface area (Å²) in [4.78, 5) is 37.2. The molecule has 27 heavy (non-hydrogen) atoms. The van der Waals surface area contributed by atoms with E-state index in [1.807, 2.05) is 12.1 Å². The third-order valence-corrected chi connectivity index (χ3v) is 5.60. The van der Waals surface area contributed by atoms with Crippen molar-refractivity contribution in [1.82, 2.24) is 15.8 Å². The Morgan fingerprint density at radius 1 is 1.26 bits per heavy atom. The third-order valence-electron chi connectivity index (χ3n) is 5.60. The van der Waals surface area contributed by atoms with Crippen molar-refractivity contribution in [2.24, 2.45) is 5.92 Å². The zero-order valence-corrected chi connectivity index (χ0v) is 15.2. The monoisotopic (exact) mass is 373 g/mol. The highest BCUT2D eigenvalue weighted by molar-refractivity contribution is 6.08. The Hall–Kier alpha value is -2.77. The Labute approximate surface area is 157 Å². The number of imide groups is 1. The Balaban J connectivity index is 1.34. The number of aryl methyl sites for hydroxylation is 1. The first-order chi connectivity index (χ1) is 13.0. The lowest BCUT2D eigenvalue weighted by Crippen LogP contribution is -2.51. The van der Waals surface area contributed by atoms with Gasteiger partial charge in [0.1, 0.15) is 5.54 Å². The molecule has 8 nitrogen and oxygen atoms in total. The number of fused-ring (bicyclic) bond motifs is 1. The summed E-state index contributed by atoms with van der Waals surface area (Å²) in [5.41, 5.74) is 2.53. The molecular formula is C19H23N3O5. The highest BCUT2D eigenvalue weighted by atomic mass is 16.7. The minimum absolute atomic E-state index is 0.154. The molecule has 0 radical (unpaired) electrons. The highest BCUT2D eigenvalue weighted by Gasteiger charge is 2.52. The average Bonchev–Trinajstić information content (AvgIpc) is 3.21. The number of hydrazine groups is 1. The first-order valence-corrected chi connectivity index (χ1v) is 9.31. The van der Waals surface area contributed by atoms with Gasteiger partial charge in [-0.25, -0.2) is 4.79 Å². The van der Waals surface area contributed by atoms with Crippen molar-refractivity contribution in [3.05, 3.63) is 23.8 Å². The molecule has 1 saturated heterocycles. The maximum absolute atomic E-state index is 12.7. The van der Waals surface area contributed by atoms with Gasteiger partial charge in [-0.2, -0.15) is 5.01 Å². The summed E-state index contributed by atoms with van der Waals surface area (Å²) >= 11 is 0. The fourth-order valence-corrected chi connectivity index (χ4v) is 3.85. The second-order valence-electron chi connectivity index (χ2n) is 7.56. The van der Waals surface area contributed by atoms with E-state index >= 15 is 0 Å². The number of carbonyl (C=O) groups is 3. The van der Waals surface area contributed by atoms with E-state index in [4.69, 9.17) is 9.47 Å². The number of nitrogens with zero attached hydrogens (tertiary/aromatic N) is 1. The molecule has 0 atom stereocenters. The van der Waals surface area contributed by atoms with Gasteiger partial charge in [0.05, 0.1) is 0 Å². The van der Waals surface area contributed by atoms with E-state index in [1.54, 1.807) is 6.07 Å². The van der Waals surface area contributed by atoms with Crippen LogP contribution in [0.2, 0.25) is 0 Å². The van der Waals surface area contributed by atoms with Crippen molar-refractivity contribution in [2.75, 3.05) is 6.79 Å². The van der Waals surface area contributed by atoms with Crippen LogP contribution in [0.15, 0.2) is 18.2 Å². The van der Waals surface area contributed by atoms with Gasteiger partial charge >= 0.3 is 6.03 Å². The van der Waals surface area contributed by atoms with E-state index in [-0.39, 0.29) is 25.0 Å². The standard InChI is InChI=1S/C19H23N3O5/c1-12-6-8-19(9-7-12)17(24)22(18(25)20-19)21-16(23)5-3-13-2-4-14-15(10-13)27-11-26-14/h2,4,10,12H,3,5-9,11H2,1H3,(H,20,25)(H,21,23). The van der Waals surface area contributed by atoms with Crippen LogP contribution >= 0.6 is 0 Å². The zero-order valence-electron chi connectivity index (χ0n) is 15.2. The van der Waals surface area contributed by atoms with Crippen LogP contribution in [0.3, 0.4) is 0 Å². The molecule has 1 aromatic rings. The van der Waals surface area contributed by atoms with Crippen LogP contribution < -0.4 is 20.2 Å². The Kier molecular flexibility index (Phi) is 4.41. The minimum Gasteiger partial charge on any atom is -0.454 e. The van der Waals surface area contributed by atoms with E-state index in [9.17, 15) is 14.4 Å². The molecule has 0 aromatic heterocycles. The fourth-order valence-electron chi connectivity index (χ4n) is 3.85. The van der Waals surface area contributed by atoms with Gasteiger partial charge in [0.2, 0.25) is 12.7 Å². The lowest BCUT2D eigenvalue weighted by Gasteiger charge is -2.33. The van der Waals surface area contributed by atoms with E-state index in [0.717, 1.165) is 23.4 Å². The zero-order chi connectivity index (χ0) is 19.0. The summed E-state index contributed by atoms with van der Waals surface area (Å²) in [5.74, 6) is 1.17. The summed E-state index contributed by atoms with van der Waals surface area (Å²) in [6, 6.07) is 4.96. The highest BCUT2D eigenvalue weighted by Crippen LogP contribution is 2.36. The van der Waals surface area contributed by atoms with Gasteiger partial charge in [-0.3, -0.25) is 15.0 Å². The number of amides is 4. The molecule has 0 bridgehead atoms. The first kappa shape index (κ1) is 17.6. The van der Waals surface area contributed by atoms with E-state index in [1.165, 1.54) is 0 Å². The van der Waals surface area contributed by atoms with E-state index in [2.05, 4.69) is 17.7 Å². The number of hydrogen-bond donors (Lipinski definition) is 2. The molecule has 1 aromatic carbocycles. The van der Waals surface area contributed by atoms with Crippen LogP contribution in [0.5, 0.6) is 11.5 Å². The van der Waals surface area contributed by atoms with Crippen LogP contribution in [-0.4, -0.2) is 35.2 Å². The Morgan fingerprint density at radius 3 is 2.78 bits per heavy atom. The molecule has 1 aliphatic carbocycles. The summed E-state index contributed by atoms with van der Waals surface area (Å²) in [7, 11) is 0. The number of benzene rings is 1. The summed E-state index contributed by atoms with van der Waals surface area (Å²) in [5, 5.41) is 3.63. The van der Waals surface area contributed by atoms with Crippen LogP contribution in [0.4, 0.5) is 4.79 Å². The normalized spacial score (nSPS) is 26.4. The van der Waals surface area contributed by atoms with Gasteiger partial charge in [-0.05, 0) is 55.7 Å². The summed E-state index contributed by atoms with van der Waals surface area (Å²) < 4.78 is 10.6. The lowest BCUT2D eigenvalue weighted by atomic mass is 9.77. The average molecular weight is 373 g/mol. The van der Waals surface area contributed by atoms with E-state index < -0.39 is 11.6 Å². The lowest BCUT2D eigenvalue weighted by molar-refractivity contribution is -0.140. The molecule has 3 aliphatic rings. The Morgan fingerprint density at radius 2 is 2.00 bits per heavy atom. The number of rotatable bonds is 4. The molecule has 2 N–H and O–H groups in total. The minimum atomic E-state index is -0.853. The Bertz CT molecular complexity index is 786. The fraction of sp³-hybridized carbons (Fsp3) is 0.526. The molecule has 1 saturated carbocycles. The second-order valence-corrected chi connectivity index (χ2v) is 7.56. The van der Waals surface area contributed by atoms with Gasteiger partial charge < -0.3 is 14.8 Å². The van der Waals surface area contributed by atoms with Crippen LogP contribution in [-0.2, 0) is 16.0 Å². The topological polar surface area (TPSA) is 97.0 Å². The first-order valence-electron chi connectivity index (χ1n) is 9.31. The summed E-state index contributed by atoms with van der Waals surface area (Å²) in [6.45, 7) is 2.34. The molecule has 4 rings (SSSR count). The molecule has 8 heteroatoms. The van der Waals surface area contributed by atoms with Gasteiger partial charge in [0, 0.05) is 6.42 Å². The smallest absolute Gasteiger partial charge is 0.344 e. The van der Waals surface area contributed by atoms with Crippen molar-refractivity contribution in [2.45, 2.75) is 51.0 Å². The molecule has 2 heterocycles. The van der Waals surface area contributed by atoms with Gasteiger partial charge in [-0.1, -0.05) is 13.0 Å². The molecule has 144 valence electrons. The van der Waals surface area contributed by atoms with Gasteiger partial charge in [0.25, 0.3) is 5.91 Å². The van der Waals surface area contributed by atoms with Crippen LogP contribution in [0.25, 0.3) is 0 Å². The SMILES string of the molecule is CC1CCC2(CC1)NC(=O)N(NC(=O)CCc1ccc3c(c1)OCO3)C2=O. The maximum atomic E-state index is 12.7. The van der Waals surface area contributed by atoms with Crippen LogP contribution in [0, 0.1) is 5.92 Å². The van der Waals surface area contributed by atoms with Gasteiger partial charge in [0.15, 0.2) is 11.5 Å².